The zero-order chi connectivity index (χ0) is 22.4. The second kappa shape index (κ2) is 7.93. The molecule has 0 atom stereocenters. The summed E-state index contributed by atoms with van der Waals surface area (Å²) in [4.78, 5) is 13.3. The fourth-order valence-electron chi connectivity index (χ4n) is 4.82. The second-order valence-electron chi connectivity index (χ2n) is 8.77. The molecule has 0 fully saturated rings. The van der Waals surface area contributed by atoms with Crippen molar-refractivity contribution >= 4 is 38.6 Å². The number of phenolic OH excluding ortho intramolecular Hbond substituents is 1. The minimum Gasteiger partial charge on any atom is -0.508 e. The molecule has 0 saturated heterocycles. The van der Waals surface area contributed by atoms with Gasteiger partial charge in [0, 0.05) is 6.07 Å². The maximum absolute atomic E-state index is 10.9. The van der Waals surface area contributed by atoms with E-state index in [1.165, 1.54) is 19.3 Å². The van der Waals surface area contributed by atoms with Gasteiger partial charge in [0.2, 0.25) is 0 Å². The third kappa shape index (κ3) is 3.32. The maximum Gasteiger partial charge on any atom is 0.149 e. The van der Waals surface area contributed by atoms with E-state index in [1.807, 2.05) is 48.5 Å². The molecule has 3 heterocycles. The number of imidazole rings is 2. The maximum atomic E-state index is 10.9. The van der Waals surface area contributed by atoms with E-state index >= 15 is 0 Å². The normalized spacial score (nSPS) is 11.9. The topological polar surface area (TPSA) is 66.2 Å². The van der Waals surface area contributed by atoms with Crippen LogP contribution in [0.15, 0.2) is 66.7 Å². The largest absolute Gasteiger partial charge is 0.508 e. The number of hydrogen-bond acceptors (Lipinski definition) is 3. The van der Waals surface area contributed by atoms with Gasteiger partial charge in [-0.1, -0.05) is 50.5 Å². The van der Waals surface area contributed by atoms with Gasteiger partial charge in [-0.15, -0.1) is 0 Å². The van der Waals surface area contributed by atoms with Gasteiger partial charge in [-0.25, -0.2) is 9.97 Å². The van der Waals surface area contributed by atoms with Crippen LogP contribution in [0.1, 0.15) is 38.2 Å². The van der Waals surface area contributed by atoms with Gasteiger partial charge in [-0.2, -0.15) is 0 Å². The van der Waals surface area contributed by atoms with E-state index in [0.717, 1.165) is 68.4 Å². The highest BCUT2D eigenvalue weighted by Crippen LogP contribution is 2.35. The van der Waals surface area contributed by atoms with Crippen LogP contribution in [0.5, 0.6) is 5.75 Å². The van der Waals surface area contributed by atoms with Gasteiger partial charge in [-0.05, 0) is 60.2 Å². The Balaban J connectivity index is 1.61. The van der Waals surface area contributed by atoms with Crippen LogP contribution in [-0.2, 0) is 6.42 Å². The fraction of sp³-hybridized carbons (Fsp3) is 0.214. The van der Waals surface area contributed by atoms with E-state index in [4.69, 9.17) is 9.97 Å². The SMILES string of the molecule is CCCCCCc1cc2cc(-c3nc4ccccc4[nH]3)c3nc4ccccc4n3c2cc1O. The number of H-pyrrole nitrogens is 1. The number of nitrogens with one attached hydrogen (secondary N) is 1. The molecule has 0 bridgehead atoms. The van der Waals surface area contributed by atoms with Crippen molar-refractivity contribution in [3.8, 4) is 17.1 Å². The molecule has 0 unspecified atom stereocenters. The van der Waals surface area contributed by atoms with Crippen LogP contribution in [0.2, 0.25) is 0 Å². The molecule has 3 aromatic heterocycles. The lowest BCUT2D eigenvalue weighted by Gasteiger charge is -2.11. The predicted molar refractivity (Wildman–Crippen MR) is 135 cm³/mol. The van der Waals surface area contributed by atoms with Crippen LogP contribution in [0.4, 0.5) is 0 Å². The van der Waals surface area contributed by atoms with E-state index in [0.29, 0.717) is 5.75 Å². The third-order valence-corrected chi connectivity index (χ3v) is 6.51. The fourth-order valence-corrected chi connectivity index (χ4v) is 4.82. The molecule has 164 valence electrons. The molecule has 5 nitrogen and oxygen atoms in total. The third-order valence-electron chi connectivity index (χ3n) is 6.51. The number of pyridine rings is 1. The number of aromatic amines is 1. The number of hydrogen-bond donors (Lipinski definition) is 2. The van der Waals surface area contributed by atoms with E-state index in [2.05, 4.69) is 34.5 Å². The predicted octanol–water partition coefficient (Wildman–Crippen LogP) is 7.01. The number of para-hydroxylation sites is 4. The molecule has 0 spiro atoms. The summed E-state index contributed by atoms with van der Waals surface area (Å²) in [5, 5.41) is 11.9. The molecular formula is C28H26N4O. The summed E-state index contributed by atoms with van der Waals surface area (Å²) >= 11 is 0. The van der Waals surface area contributed by atoms with E-state index < -0.39 is 0 Å². The number of phenols is 1. The number of rotatable bonds is 6. The van der Waals surface area contributed by atoms with Gasteiger partial charge in [-0.3, -0.25) is 4.40 Å². The second-order valence-corrected chi connectivity index (χ2v) is 8.77. The molecule has 6 rings (SSSR count). The molecule has 0 radical (unpaired) electrons. The lowest BCUT2D eigenvalue weighted by molar-refractivity contribution is 0.467. The molecule has 0 saturated carbocycles. The van der Waals surface area contributed by atoms with Crippen molar-refractivity contribution in [3.63, 3.8) is 0 Å². The monoisotopic (exact) mass is 434 g/mol. The Morgan fingerprint density at radius 3 is 2.52 bits per heavy atom. The van der Waals surface area contributed by atoms with Crippen LogP contribution >= 0.6 is 0 Å². The lowest BCUT2D eigenvalue weighted by atomic mass is 10.0. The molecule has 0 aliphatic carbocycles. The van der Waals surface area contributed by atoms with Gasteiger partial charge in [0.05, 0.1) is 33.1 Å². The quantitative estimate of drug-likeness (QED) is 0.277. The van der Waals surface area contributed by atoms with E-state index in [1.54, 1.807) is 0 Å². The first-order chi connectivity index (χ1) is 16.2. The Bertz CT molecular complexity index is 1590. The standard InChI is InChI=1S/C28H26N4O/c1-2-3-4-5-10-18-15-19-16-20(27-29-21-11-6-7-12-22(21)30-27)28-31-23-13-8-9-14-24(23)32(28)25(19)17-26(18)33/h6-9,11-17,33H,2-5,10H2,1H3,(H,29,30). The molecule has 0 amide bonds. The minimum atomic E-state index is 0.356. The van der Waals surface area contributed by atoms with Gasteiger partial charge >= 0.3 is 0 Å². The van der Waals surface area contributed by atoms with Gasteiger partial charge in [0.1, 0.15) is 17.2 Å². The summed E-state index contributed by atoms with van der Waals surface area (Å²) in [6.45, 7) is 2.22. The average molecular weight is 435 g/mol. The highest BCUT2D eigenvalue weighted by Gasteiger charge is 2.18. The van der Waals surface area contributed by atoms with Crippen molar-refractivity contribution in [1.29, 1.82) is 0 Å². The molecule has 33 heavy (non-hydrogen) atoms. The summed E-state index contributed by atoms with van der Waals surface area (Å²) in [5.74, 6) is 1.16. The van der Waals surface area contributed by atoms with Crippen molar-refractivity contribution in [2.24, 2.45) is 0 Å². The zero-order valence-corrected chi connectivity index (χ0v) is 18.7. The van der Waals surface area contributed by atoms with Crippen LogP contribution in [0.25, 0.3) is 50.0 Å². The van der Waals surface area contributed by atoms with Crippen LogP contribution in [0.3, 0.4) is 0 Å². The summed E-state index contributed by atoms with van der Waals surface area (Å²) in [7, 11) is 0. The van der Waals surface area contributed by atoms with Crippen LogP contribution < -0.4 is 0 Å². The first-order valence-electron chi connectivity index (χ1n) is 11.7. The van der Waals surface area contributed by atoms with Crippen molar-refractivity contribution in [2.45, 2.75) is 39.0 Å². The first kappa shape index (κ1) is 19.8. The Morgan fingerprint density at radius 1 is 0.848 bits per heavy atom. The number of fused-ring (bicyclic) bond motifs is 6. The van der Waals surface area contributed by atoms with Gasteiger partial charge < -0.3 is 10.1 Å². The van der Waals surface area contributed by atoms with Crippen LogP contribution in [-0.4, -0.2) is 24.5 Å². The smallest absolute Gasteiger partial charge is 0.149 e. The number of nitrogens with zero attached hydrogens (tertiary/aromatic N) is 3. The Morgan fingerprint density at radius 2 is 1.67 bits per heavy atom. The lowest BCUT2D eigenvalue weighted by Crippen LogP contribution is -1.96. The number of aromatic nitrogens is 4. The highest BCUT2D eigenvalue weighted by atomic mass is 16.3. The number of aromatic hydroxyl groups is 1. The molecule has 6 aromatic rings. The van der Waals surface area contributed by atoms with E-state index in [9.17, 15) is 5.11 Å². The Kier molecular flexibility index (Phi) is 4.75. The van der Waals surface area contributed by atoms with Crippen molar-refractivity contribution < 1.29 is 5.11 Å². The van der Waals surface area contributed by atoms with Gasteiger partial charge in [0.15, 0.2) is 0 Å². The van der Waals surface area contributed by atoms with Crippen molar-refractivity contribution in [1.82, 2.24) is 19.4 Å². The summed E-state index contributed by atoms with van der Waals surface area (Å²) < 4.78 is 2.15. The zero-order valence-electron chi connectivity index (χ0n) is 18.7. The van der Waals surface area contributed by atoms with E-state index in [-0.39, 0.29) is 0 Å². The van der Waals surface area contributed by atoms with Crippen molar-refractivity contribution in [3.05, 3.63) is 72.3 Å². The number of unbranched alkanes of at least 4 members (excludes halogenated alkanes) is 3. The molecule has 0 aliphatic heterocycles. The molecule has 5 heteroatoms. The first-order valence-corrected chi connectivity index (χ1v) is 11.7. The molecular weight excluding hydrogens is 408 g/mol. The Hall–Kier alpha value is -3.86. The molecule has 2 N–H and O–H groups in total. The average Bonchev–Trinajstić information content (AvgIpc) is 3.43. The van der Waals surface area contributed by atoms with Crippen LogP contribution in [0, 0.1) is 0 Å². The highest BCUT2D eigenvalue weighted by molar-refractivity contribution is 5.98. The molecule has 3 aromatic carbocycles. The summed E-state index contributed by atoms with van der Waals surface area (Å²) in [5.41, 5.74) is 7.62. The van der Waals surface area contributed by atoms with Gasteiger partial charge in [0.25, 0.3) is 0 Å². The Labute approximate surface area is 191 Å². The van der Waals surface area contributed by atoms with Crippen molar-refractivity contribution in [2.75, 3.05) is 0 Å². The number of benzene rings is 3. The summed E-state index contributed by atoms with van der Waals surface area (Å²) in [6.07, 6.45) is 5.58. The number of aryl methyl sites for hydroxylation is 1. The minimum absolute atomic E-state index is 0.356. The molecule has 0 aliphatic rings. The summed E-state index contributed by atoms with van der Waals surface area (Å²) in [6, 6.07) is 22.4.